The average Bonchev–Trinajstić information content (AvgIpc) is 2.68. The van der Waals surface area contributed by atoms with Crippen LogP contribution in [0.4, 0.5) is 0 Å². The molecular formula is C15H27N3S. The van der Waals surface area contributed by atoms with E-state index in [9.17, 15) is 0 Å². The summed E-state index contributed by atoms with van der Waals surface area (Å²) in [6.45, 7) is 2.32. The summed E-state index contributed by atoms with van der Waals surface area (Å²) in [5.74, 6) is 0.721. The van der Waals surface area contributed by atoms with Gasteiger partial charge < -0.3 is 5.32 Å². The average molecular weight is 281 g/mol. The van der Waals surface area contributed by atoms with Crippen LogP contribution in [-0.2, 0) is 0 Å². The van der Waals surface area contributed by atoms with Gasteiger partial charge in [0, 0.05) is 11.8 Å². The van der Waals surface area contributed by atoms with Crippen molar-refractivity contribution in [2.75, 3.05) is 0 Å². The van der Waals surface area contributed by atoms with Crippen LogP contribution in [0.25, 0.3) is 0 Å². The number of rotatable bonds is 2. The molecule has 19 heavy (non-hydrogen) atoms. The molecule has 0 amide bonds. The maximum absolute atomic E-state index is 5.36. The van der Waals surface area contributed by atoms with Gasteiger partial charge >= 0.3 is 0 Å². The van der Waals surface area contributed by atoms with E-state index in [1.165, 1.54) is 57.1 Å². The normalized spacial score (nSPS) is 28.4. The van der Waals surface area contributed by atoms with Crippen LogP contribution in [0.5, 0.6) is 0 Å². The summed E-state index contributed by atoms with van der Waals surface area (Å²) >= 11 is 5.36. The summed E-state index contributed by atoms with van der Waals surface area (Å²) in [6.07, 6.45) is 12.8. The molecule has 108 valence electrons. The Balaban J connectivity index is 1.75. The lowest BCUT2D eigenvalue weighted by Gasteiger charge is -2.30. The summed E-state index contributed by atoms with van der Waals surface area (Å²) < 4.78 is 0. The minimum atomic E-state index is 0.531. The molecule has 4 heteroatoms. The summed E-state index contributed by atoms with van der Waals surface area (Å²) in [4.78, 5) is 0. The van der Waals surface area contributed by atoms with Crippen LogP contribution in [0, 0.1) is 5.92 Å². The third-order valence-electron chi connectivity index (χ3n) is 4.42. The van der Waals surface area contributed by atoms with E-state index in [0.717, 1.165) is 18.8 Å². The number of hydrazone groups is 1. The van der Waals surface area contributed by atoms with Gasteiger partial charge in [-0.15, -0.1) is 0 Å². The fourth-order valence-electron chi connectivity index (χ4n) is 3.11. The fraction of sp³-hybridized carbons (Fsp3) is 0.867. The Morgan fingerprint density at radius 1 is 1.05 bits per heavy atom. The van der Waals surface area contributed by atoms with Crippen molar-refractivity contribution in [3.63, 3.8) is 0 Å². The zero-order valence-electron chi connectivity index (χ0n) is 12.1. The Morgan fingerprint density at radius 3 is 2.42 bits per heavy atom. The topological polar surface area (TPSA) is 36.4 Å². The molecule has 2 N–H and O–H groups in total. The van der Waals surface area contributed by atoms with E-state index < -0.39 is 0 Å². The summed E-state index contributed by atoms with van der Waals surface area (Å²) in [5.41, 5.74) is 4.35. The highest BCUT2D eigenvalue weighted by molar-refractivity contribution is 7.80. The second-order valence-corrected chi connectivity index (χ2v) is 6.45. The van der Waals surface area contributed by atoms with E-state index >= 15 is 0 Å². The van der Waals surface area contributed by atoms with Crippen LogP contribution < -0.4 is 10.7 Å². The van der Waals surface area contributed by atoms with Crippen molar-refractivity contribution in [1.82, 2.24) is 10.7 Å². The Kier molecular flexibility index (Phi) is 6.08. The molecule has 0 spiro atoms. The minimum Gasteiger partial charge on any atom is -0.358 e. The van der Waals surface area contributed by atoms with Crippen molar-refractivity contribution in [1.29, 1.82) is 0 Å². The number of hydrogen-bond donors (Lipinski definition) is 2. The third-order valence-corrected chi connectivity index (χ3v) is 4.63. The molecule has 0 aliphatic heterocycles. The van der Waals surface area contributed by atoms with Gasteiger partial charge in [-0.2, -0.15) is 5.10 Å². The van der Waals surface area contributed by atoms with E-state index in [0.29, 0.717) is 11.2 Å². The van der Waals surface area contributed by atoms with Crippen LogP contribution in [0.15, 0.2) is 5.10 Å². The molecule has 2 aliphatic carbocycles. The molecule has 0 aromatic heterocycles. The Bertz CT molecular complexity index is 317. The Morgan fingerprint density at radius 2 is 1.74 bits per heavy atom. The predicted molar refractivity (Wildman–Crippen MR) is 85.4 cm³/mol. The van der Waals surface area contributed by atoms with E-state index in [1.807, 2.05) is 0 Å². The molecule has 2 rings (SSSR count). The molecule has 2 atom stereocenters. The van der Waals surface area contributed by atoms with E-state index in [-0.39, 0.29) is 0 Å². The molecule has 0 aromatic carbocycles. The predicted octanol–water partition coefficient (Wildman–Crippen LogP) is 3.74. The first kappa shape index (κ1) is 14.8. The summed E-state index contributed by atoms with van der Waals surface area (Å²) in [5, 5.41) is 8.64. The lowest BCUT2D eigenvalue weighted by atomic mass is 9.86. The van der Waals surface area contributed by atoms with Gasteiger partial charge in [0.2, 0.25) is 0 Å². The largest absolute Gasteiger partial charge is 0.358 e. The number of thiocarbonyl (C=S) groups is 1. The first-order valence-electron chi connectivity index (χ1n) is 7.87. The second-order valence-electron chi connectivity index (χ2n) is 6.05. The monoisotopic (exact) mass is 281 g/mol. The van der Waals surface area contributed by atoms with Crippen molar-refractivity contribution in [3.05, 3.63) is 0 Å². The number of nitrogens with one attached hydrogen (secondary N) is 2. The number of hydrogen-bond acceptors (Lipinski definition) is 2. The van der Waals surface area contributed by atoms with E-state index in [4.69, 9.17) is 12.2 Å². The summed E-state index contributed by atoms with van der Waals surface area (Å²) in [7, 11) is 0. The third kappa shape index (κ3) is 5.09. The standard InChI is InChI=1S/C15H27N3S/c1-12-8-6-7-11-14(12)16-15(19)18-17-13-9-4-2-3-5-10-13/h12,14H,2-11H2,1H3,(H2,16,18,19)/t12-,14+/m1/s1. The fourth-order valence-corrected chi connectivity index (χ4v) is 3.31. The second kappa shape index (κ2) is 7.83. The molecule has 0 unspecified atom stereocenters. The maximum atomic E-state index is 5.36. The van der Waals surface area contributed by atoms with E-state index in [1.54, 1.807) is 0 Å². The lowest BCUT2D eigenvalue weighted by molar-refractivity contribution is 0.308. The highest BCUT2D eigenvalue weighted by atomic mass is 32.1. The molecule has 0 aromatic rings. The van der Waals surface area contributed by atoms with Gasteiger partial charge in [-0.05, 0) is 56.7 Å². The van der Waals surface area contributed by atoms with Crippen molar-refractivity contribution in [2.24, 2.45) is 11.0 Å². The molecule has 0 saturated heterocycles. The van der Waals surface area contributed by atoms with Gasteiger partial charge in [0.25, 0.3) is 0 Å². The minimum absolute atomic E-state index is 0.531. The Labute approximate surface area is 122 Å². The summed E-state index contributed by atoms with van der Waals surface area (Å²) in [6, 6.07) is 0.531. The highest BCUT2D eigenvalue weighted by Crippen LogP contribution is 2.23. The lowest BCUT2D eigenvalue weighted by Crippen LogP contribution is -2.44. The van der Waals surface area contributed by atoms with Crippen LogP contribution in [0.2, 0.25) is 0 Å². The molecule has 2 fully saturated rings. The molecule has 0 bridgehead atoms. The molecule has 0 heterocycles. The first-order chi connectivity index (χ1) is 9.25. The molecular weight excluding hydrogens is 254 g/mol. The van der Waals surface area contributed by atoms with Crippen molar-refractivity contribution >= 4 is 23.0 Å². The van der Waals surface area contributed by atoms with Gasteiger partial charge in [0.05, 0.1) is 0 Å². The quantitative estimate of drug-likeness (QED) is 0.460. The van der Waals surface area contributed by atoms with Crippen LogP contribution in [0.3, 0.4) is 0 Å². The van der Waals surface area contributed by atoms with Crippen molar-refractivity contribution < 1.29 is 0 Å². The van der Waals surface area contributed by atoms with Gasteiger partial charge in [0.15, 0.2) is 5.11 Å². The van der Waals surface area contributed by atoms with Gasteiger partial charge in [-0.25, -0.2) is 0 Å². The zero-order chi connectivity index (χ0) is 13.5. The zero-order valence-corrected chi connectivity index (χ0v) is 12.9. The van der Waals surface area contributed by atoms with Crippen molar-refractivity contribution in [2.45, 2.75) is 77.2 Å². The molecule has 2 aliphatic rings. The smallest absolute Gasteiger partial charge is 0.187 e. The Hall–Kier alpha value is -0.640. The van der Waals surface area contributed by atoms with E-state index in [2.05, 4.69) is 22.8 Å². The van der Waals surface area contributed by atoms with Crippen LogP contribution in [-0.4, -0.2) is 16.9 Å². The maximum Gasteiger partial charge on any atom is 0.187 e. The van der Waals surface area contributed by atoms with Gasteiger partial charge in [-0.1, -0.05) is 32.6 Å². The molecule has 2 saturated carbocycles. The SMILES string of the molecule is C[C@@H]1CCCC[C@@H]1NC(=S)NN=C1CCCCCC1. The number of nitrogens with zero attached hydrogens (tertiary/aromatic N) is 1. The first-order valence-corrected chi connectivity index (χ1v) is 8.28. The van der Waals surface area contributed by atoms with Gasteiger partial charge in [0.1, 0.15) is 0 Å². The van der Waals surface area contributed by atoms with Crippen LogP contribution in [0.1, 0.15) is 71.1 Å². The van der Waals surface area contributed by atoms with Crippen LogP contribution >= 0.6 is 12.2 Å². The van der Waals surface area contributed by atoms with Crippen molar-refractivity contribution in [3.8, 4) is 0 Å². The molecule has 3 nitrogen and oxygen atoms in total. The molecule has 0 radical (unpaired) electrons. The highest BCUT2D eigenvalue weighted by Gasteiger charge is 2.21. The van der Waals surface area contributed by atoms with Gasteiger partial charge in [-0.3, -0.25) is 5.43 Å².